The van der Waals surface area contributed by atoms with E-state index in [0.717, 1.165) is 45.2 Å². The lowest BCUT2D eigenvalue weighted by molar-refractivity contribution is 0.627. The molecule has 4 aromatic rings. The Morgan fingerprint density at radius 2 is 1.35 bits per heavy atom. The molecule has 4 nitrogen and oxygen atoms in total. The van der Waals surface area contributed by atoms with Gasteiger partial charge in [-0.1, -0.05) is 55.3 Å². The van der Waals surface area contributed by atoms with E-state index in [1.54, 1.807) is 0 Å². The van der Waals surface area contributed by atoms with E-state index in [2.05, 4.69) is 44.2 Å². The summed E-state index contributed by atoms with van der Waals surface area (Å²) in [7, 11) is 0. The van der Waals surface area contributed by atoms with Crippen LogP contribution in [0.5, 0.6) is 0 Å². The molecule has 5 heteroatoms. The van der Waals surface area contributed by atoms with E-state index in [9.17, 15) is 0 Å². The van der Waals surface area contributed by atoms with Gasteiger partial charge in [-0.25, -0.2) is 9.97 Å². The van der Waals surface area contributed by atoms with Gasteiger partial charge in [-0.3, -0.25) is 0 Å². The van der Waals surface area contributed by atoms with Crippen molar-refractivity contribution in [3.63, 3.8) is 0 Å². The van der Waals surface area contributed by atoms with Crippen molar-refractivity contribution in [2.75, 3.05) is 5.75 Å². The van der Waals surface area contributed by atoms with Gasteiger partial charge in [0.2, 0.25) is 0 Å². The minimum absolute atomic E-state index is 1.04. The third-order valence-electron chi connectivity index (χ3n) is 4.60. The van der Waals surface area contributed by atoms with Crippen LogP contribution in [-0.4, -0.2) is 25.7 Å². The van der Waals surface area contributed by atoms with Crippen molar-refractivity contribution in [3.8, 4) is 0 Å². The van der Waals surface area contributed by atoms with Crippen LogP contribution in [0.2, 0.25) is 0 Å². The van der Waals surface area contributed by atoms with E-state index >= 15 is 0 Å². The summed E-state index contributed by atoms with van der Waals surface area (Å²) >= 11 is 1.83. The van der Waals surface area contributed by atoms with Gasteiger partial charge in [-0.2, -0.15) is 0 Å². The molecule has 0 aliphatic rings. The van der Waals surface area contributed by atoms with Gasteiger partial charge in [0, 0.05) is 12.2 Å². The van der Waals surface area contributed by atoms with Crippen molar-refractivity contribution in [3.05, 3.63) is 54.4 Å². The topological polar surface area (TPSA) is 57.4 Å². The van der Waals surface area contributed by atoms with Gasteiger partial charge in [0.25, 0.3) is 0 Å². The molecule has 2 N–H and O–H groups in total. The molecular formula is C21H24N4S. The Morgan fingerprint density at radius 1 is 0.692 bits per heavy atom. The Kier molecular flexibility index (Phi) is 5.55. The third-order valence-corrected chi connectivity index (χ3v) is 5.56. The molecule has 0 amide bonds. The molecule has 2 aromatic carbocycles. The molecule has 4 rings (SSSR count). The SMILES string of the molecule is c1ccc2[nH]c(CCCCCCCSc3nc4ccccc4[nH]3)nc2c1. The second kappa shape index (κ2) is 8.41. The Bertz CT molecular complexity index is 826. The number of benzene rings is 2. The van der Waals surface area contributed by atoms with Crippen LogP contribution >= 0.6 is 11.8 Å². The molecule has 0 atom stereocenters. The number of H-pyrrole nitrogens is 2. The van der Waals surface area contributed by atoms with Gasteiger partial charge in [0.1, 0.15) is 5.82 Å². The van der Waals surface area contributed by atoms with Crippen LogP contribution in [0.15, 0.2) is 53.7 Å². The van der Waals surface area contributed by atoms with Crippen LogP contribution in [-0.2, 0) is 6.42 Å². The fourth-order valence-corrected chi connectivity index (χ4v) is 4.10. The van der Waals surface area contributed by atoms with Crippen LogP contribution in [0, 0.1) is 0 Å². The summed E-state index contributed by atoms with van der Waals surface area (Å²) in [6.07, 6.45) is 7.34. The minimum atomic E-state index is 1.04. The van der Waals surface area contributed by atoms with Gasteiger partial charge in [-0.15, -0.1) is 0 Å². The van der Waals surface area contributed by atoms with Gasteiger partial charge >= 0.3 is 0 Å². The molecule has 26 heavy (non-hydrogen) atoms. The lowest BCUT2D eigenvalue weighted by Crippen LogP contribution is -1.89. The second-order valence-corrected chi connectivity index (χ2v) is 7.71. The van der Waals surface area contributed by atoms with Gasteiger partial charge < -0.3 is 9.97 Å². The van der Waals surface area contributed by atoms with E-state index in [1.165, 1.54) is 32.1 Å². The molecule has 134 valence electrons. The largest absolute Gasteiger partial charge is 0.342 e. The molecule has 0 aliphatic heterocycles. The molecular weight excluding hydrogens is 340 g/mol. The number of fused-ring (bicyclic) bond motifs is 2. The number of hydrogen-bond donors (Lipinski definition) is 2. The normalized spacial score (nSPS) is 11.5. The highest BCUT2D eigenvalue weighted by atomic mass is 32.2. The number of hydrogen-bond acceptors (Lipinski definition) is 3. The number of unbranched alkanes of at least 4 members (excludes halogenated alkanes) is 4. The van der Waals surface area contributed by atoms with Crippen molar-refractivity contribution in [2.45, 2.75) is 43.7 Å². The number of thioether (sulfide) groups is 1. The number of rotatable bonds is 9. The molecule has 0 spiro atoms. The summed E-state index contributed by atoms with van der Waals surface area (Å²) in [6, 6.07) is 16.4. The number of nitrogens with zero attached hydrogens (tertiary/aromatic N) is 2. The zero-order valence-electron chi connectivity index (χ0n) is 14.9. The number of aryl methyl sites for hydroxylation is 1. The molecule has 0 fully saturated rings. The summed E-state index contributed by atoms with van der Waals surface area (Å²) in [6.45, 7) is 0. The van der Waals surface area contributed by atoms with Crippen LogP contribution < -0.4 is 0 Å². The van der Waals surface area contributed by atoms with Gasteiger partial charge in [-0.05, 0) is 37.1 Å². The first-order chi connectivity index (χ1) is 12.9. The van der Waals surface area contributed by atoms with E-state index < -0.39 is 0 Å². The standard InChI is InChI=1S/C21H24N4S/c1(2-4-14-20-22-16-10-5-6-11-17(16)23-20)3-9-15-26-21-24-18-12-7-8-13-19(18)25-21/h5-8,10-13H,1-4,9,14-15H2,(H,22,23)(H,24,25). The van der Waals surface area contributed by atoms with Crippen molar-refractivity contribution >= 4 is 33.8 Å². The highest BCUT2D eigenvalue weighted by Gasteiger charge is 2.03. The predicted molar refractivity (Wildman–Crippen MR) is 110 cm³/mol. The number of imidazole rings is 2. The lowest BCUT2D eigenvalue weighted by atomic mass is 10.1. The van der Waals surface area contributed by atoms with Crippen LogP contribution in [0.3, 0.4) is 0 Å². The van der Waals surface area contributed by atoms with E-state index in [4.69, 9.17) is 0 Å². The van der Waals surface area contributed by atoms with Crippen molar-refractivity contribution < 1.29 is 0 Å². The fraction of sp³-hybridized carbons (Fsp3) is 0.333. The summed E-state index contributed by atoms with van der Waals surface area (Å²) in [5.41, 5.74) is 4.40. The molecule has 0 radical (unpaired) electrons. The van der Waals surface area contributed by atoms with E-state index in [-0.39, 0.29) is 0 Å². The highest BCUT2D eigenvalue weighted by molar-refractivity contribution is 7.99. The van der Waals surface area contributed by atoms with Crippen molar-refractivity contribution in [1.29, 1.82) is 0 Å². The second-order valence-electron chi connectivity index (χ2n) is 6.63. The van der Waals surface area contributed by atoms with E-state index in [1.807, 2.05) is 36.0 Å². The number of aromatic amines is 2. The zero-order valence-corrected chi connectivity index (χ0v) is 15.7. The maximum atomic E-state index is 4.64. The number of nitrogens with one attached hydrogen (secondary N) is 2. The molecule has 2 heterocycles. The molecule has 0 unspecified atom stereocenters. The Labute approximate surface area is 157 Å². The predicted octanol–water partition coefficient (Wildman–Crippen LogP) is 5.72. The highest BCUT2D eigenvalue weighted by Crippen LogP contribution is 2.21. The minimum Gasteiger partial charge on any atom is -0.342 e. The first-order valence-electron chi connectivity index (χ1n) is 9.40. The molecule has 0 bridgehead atoms. The van der Waals surface area contributed by atoms with Crippen LogP contribution in [0.4, 0.5) is 0 Å². The van der Waals surface area contributed by atoms with Crippen molar-refractivity contribution in [1.82, 2.24) is 19.9 Å². The smallest absolute Gasteiger partial charge is 0.166 e. The van der Waals surface area contributed by atoms with Gasteiger partial charge in [0.15, 0.2) is 5.16 Å². The summed E-state index contributed by atoms with van der Waals surface area (Å²) in [4.78, 5) is 16.0. The quantitative estimate of drug-likeness (QED) is 0.295. The molecule has 0 saturated heterocycles. The summed E-state index contributed by atoms with van der Waals surface area (Å²) in [5, 5.41) is 1.04. The first kappa shape index (κ1) is 17.2. The maximum Gasteiger partial charge on any atom is 0.166 e. The maximum absolute atomic E-state index is 4.64. The monoisotopic (exact) mass is 364 g/mol. The number of aromatic nitrogens is 4. The molecule has 0 saturated carbocycles. The summed E-state index contributed by atoms with van der Waals surface area (Å²) in [5.74, 6) is 2.25. The van der Waals surface area contributed by atoms with Gasteiger partial charge in [0.05, 0.1) is 22.1 Å². The Balaban J connectivity index is 1.10. The average Bonchev–Trinajstić information content (AvgIpc) is 3.26. The number of para-hydroxylation sites is 4. The van der Waals surface area contributed by atoms with Crippen LogP contribution in [0.25, 0.3) is 22.1 Å². The van der Waals surface area contributed by atoms with E-state index in [0.29, 0.717) is 0 Å². The Hall–Kier alpha value is -2.27. The Morgan fingerprint density at radius 3 is 2.12 bits per heavy atom. The lowest BCUT2D eigenvalue weighted by Gasteiger charge is -2.00. The first-order valence-corrected chi connectivity index (χ1v) is 10.4. The molecule has 0 aliphatic carbocycles. The third kappa shape index (κ3) is 4.28. The zero-order chi connectivity index (χ0) is 17.6. The average molecular weight is 365 g/mol. The van der Waals surface area contributed by atoms with Crippen molar-refractivity contribution in [2.24, 2.45) is 0 Å². The molecule has 2 aromatic heterocycles. The fourth-order valence-electron chi connectivity index (χ4n) is 3.22. The summed E-state index contributed by atoms with van der Waals surface area (Å²) < 4.78 is 0. The van der Waals surface area contributed by atoms with Crippen LogP contribution in [0.1, 0.15) is 37.9 Å².